The number of amides is 1. The molecule has 17 heavy (non-hydrogen) atoms. The Labute approximate surface area is 109 Å². The molecule has 2 rings (SSSR count). The molecule has 0 radical (unpaired) electrons. The lowest BCUT2D eigenvalue weighted by molar-refractivity contribution is -0.136. The second-order valence-corrected chi connectivity index (χ2v) is 6.20. The van der Waals surface area contributed by atoms with Crippen LogP contribution in [0.3, 0.4) is 0 Å². The largest absolute Gasteiger partial charge is 0.339 e. The molecule has 2 aliphatic heterocycles. The Morgan fingerprint density at radius 1 is 1.29 bits per heavy atom. The van der Waals surface area contributed by atoms with Crippen molar-refractivity contribution in [3.8, 4) is 0 Å². The summed E-state index contributed by atoms with van der Waals surface area (Å²) in [7, 11) is 0. The van der Waals surface area contributed by atoms with E-state index in [1.54, 1.807) is 0 Å². The molecule has 1 unspecified atom stereocenters. The van der Waals surface area contributed by atoms with E-state index >= 15 is 0 Å². The van der Waals surface area contributed by atoms with Crippen molar-refractivity contribution in [2.75, 3.05) is 24.6 Å². The average Bonchev–Trinajstić information content (AvgIpc) is 2.42. The van der Waals surface area contributed by atoms with E-state index in [9.17, 15) is 4.79 Å². The van der Waals surface area contributed by atoms with Gasteiger partial charge in [0.05, 0.1) is 6.04 Å². The molecule has 98 valence electrons. The Morgan fingerprint density at radius 2 is 2.06 bits per heavy atom. The van der Waals surface area contributed by atoms with Gasteiger partial charge < -0.3 is 10.2 Å². The lowest BCUT2D eigenvalue weighted by Gasteiger charge is -2.36. The normalized spacial score (nSPS) is 26.8. The van der Waals surface area contributed by atoms with Crippen LogP contribution >= 0.6 is 11.8 Å². The maximum absolute atomic E-state index is 12.5. The van der Waals surface area contributed by atoms with Gasteiger partial charge in [-0.3, -0.25) is 4.79 Å². The van der Waals surface area contributed by atoms with Crippen molar-refractivity contribution < 1.29 is 4.79 Å². The first kappa shape index (κ1) is 13.2. The summed E-state index contributed by atoms with van der Waals surface area (Å²) in [5, 5.41) is 3.38. The first-order chi connectivity index (χ1) is 8.33. The molecule has 0 bridgehead atoms. The Morgan fingerprint density at radius 3 is 2.65 bits per heavy atom. The van der Waals surface area contributed by atoms with Gasteiger partial charge in [-0.2, -0.15) is 11.8 Å². The number of thioether (sulfide) groups is 1. The predicted molar refractivity (Wildman–Crippen MR) is 73.4 cm³/mol. The molecule has 1 atom stereocenters. The van der Waals surface area contributed by atoms with Crippen LogP contribution in [0.15, 0.2) is 0 Å². The third-order valence-corrected chi connectivity index (χ3v) is 4.91. The van der Waals surface area contributed by atoms with Gasteiger partial charge in [0.15, 0.2) is 0 Å². The SMILES string of the molecule is CCN(C(=O)C1CCCCN1)C1CCSCC1. The minimum Gasteiger partial charge on any atom is -0.339 e. The first-order valence-corrected chi connectivity index (χ1v) is 8.10. The van der Waals surface area contributed by atoms with Crippen molar-refractivity contribution in [1.82, 2.24) is 10.2 Å². The second-order valence-electron chi connectivity index (χ2n) is 4.97. The fourth-order valence-electron chi connectivity index (χ4n) is 2.85. The molecule has 2 fully saturated rings. The van der Waals surface area contributed by atoms with Gasteiger partial charge in [-0.15, -0.1) is 0 Å². The lowest BCUT2D eigenvalue weighted by atomic mass is 10.0. The molecular formula is C13H24N2OS. The molecular weight excluding hydrogens is 232 g/mol. The number of hydrogen-bond acceptors (Lipinski definition) is 3. The van der Waals surface area contributed by atoms with E-state index < -0.39 is 0 Å². The van der Waals surface area contributed by atoms with Crippen LogP contribution in [0.1, 0.15) is 39.0 Å². The molecule has 0 aromatic carbocycles. The van der Waals surface area contributed by atoms with E-state index in [1.807, 2.05) is 11.8 Å². The maximum atomic E-state index is 12.5. The summed E-state index contributed by atoms with van der Waals surface area (Å²) in [5.74, 6) is 2.78. The third kappa shape index (κ3) is 3.38. The number of carbonyl (C=O) groups is 1. The van der Waals surface area contributed by atoms with Crippen molar-refractivity contribution in [2.45, 2.75) is 51.1 Å². The summed E-state index contributed by atoms with van der Waals surface area (Å²) < 4.78 is 0. The number of likely N-dealkylation sites (N-methyl/N-ethyl adjacent to an activating group) is 1. The molecule has 2 aliphatic rings. The van der Waals surface area contributed by atoms with E-state index in [4.69, 9.17) is 0 Å². The number of nitrogens with zero attached hydrogens (tertiary/aromatic N) is 1. The van der Waals surface area contributed by atoms with Gasteiger partial charge in [0.2, 0.25) is 5.91 Å². The Balaban J connectivity index is 1.93. The van der Waals surface area contributed by atoms with Crippen LogP contribution in [0.5, 0.6) is 0 Å². The van der Waals surface area contributed by atoms with Gasteiger partial charge in [0.1, 0.15) is 0 Å². The van der Waals surface area contributed by atoms with Crippen LogP contribution in [-0.4, -0.2) is 47.5 Å². The van der Waals surface area contributed by atoms with Crippen LogP contribution in [0, 0.1) is 0 Å². The minimum atomic E-state index is 0.0956. The van der Waals surface area contributed by atoms with E-state index in [-0.39, 0.29) is 6.04 Å². The quantitative estimate of drug-likeness (QED) is 0.837. The monoisotopic (exact) mass is 256 g/mol. The van der Waals surface area contributed by atoms with E-state index in [1.165, 1.54) is 37.2 Å². The molecule has 0 saturated carbocycles. The zero-order valence-electron chi connectivity index (χ0n) is 10.8. The molecule has 0 aromatic rings. The van der Waals surface area contributed by atoms with Crippen LogP contribution in [0.2, 0.25) is 0 Å². The Bertz CT molecular complexity index is 248. The molecule has 4 heteroatoms. The van der Waals surface area contributed by atoms with E-state index in [0.717, 1.165) is 19.5 Å². The molecule has 1 N–H and O–H groups in total. The molecule has 2 heterocycles. The second kappa shape index (κ2) is 6.64. The number of carbonyl (C=O) groups excluding carboxylic acids is 1. The lowest BCUT2D eigenvalue weighted by Crippen LogP contribution is -2.52. The smallest absolute Gasteiger partial charge is 0.239 e. The van der Waals surface area contributed by atoms with Crippen molar-refractivity contribution in [3.05, 3.63) is 0 Å². The summed E-state index contributed by atoms with van der Waals surface area (Å²) in [6.07, 6.45) is 5.79. The summed E-state index contributed by atoms with van der Waals surface area (Å²) in [6.45, 7) is 3.99. The van der Waals surface area contributed by atoms with Gasteiger partial charge in [-0.1, -0.05) is 6.42 Å². The van der Waals surface area contributed by atoms with Gasteiger partial charge in [0, 0.05) is 12.6 Å². The van der Waals surface area contributed by atoms with Gasteiger partial charge in [-0.25, -0.2) is 0 Å². The molecule has 3 nitrogen and oxygen atoms in total. The van der Waals surface area contributed by atoms with Crippen LogP contribution in [0.25, 0.3) is 0 Å². The van der Waals surface area contributed by atoms with E-state index in [2.05, 4.69) is 17.1 Å². The molecule has 0 spiro atoms. The zero-order valence-corrected chi connectivity index (χ0v) is 11.6. The van der Waals surface area contributed by atoms with Gasteiger partial charge in [0.25, 0.3) is 0 Å². The minimum absolute atomic E-state index is 0.0956. The Hall–Kier alpha value is -0.220. The topological polar surface area (TPSA) is 32.3 Å². The number of piperidine rings is 1. The molecule has 0 aliphatic carbocycles. The highest BCUT2D eigenvalue weighted by Crippen LogP contribution is 2.23. The number of rotatable bonds is 3. The summed E-state index contributed by atoms with van der Waals surface area (Å²) in [6, 6.07) is 0.593. The number of nitrogens with one attached hydrogen (secondary N) is 1. The number of hydrogen-bond donors (Lipinski definition) is 1. The van der Waals surface area contributed by atoms with Crippen molar-refractivity contribution >= 4 is 17.7 Å². The van der Waals surface area contributed by atoms with Crippen LogP contribution < -0.4 is 5.32 Å². The van der Waals surface area contributed by atoms with Gasteiger partial charge in [-0.05, 0) is 50.7 Å². The Kier molecular flexibility index (Phi) is 5.16. The highest BCUT2D eigenvalue weighted by molar-refractivity contribution is 7.99. The highest BCUT2D eigenvalue weighted by Gasteiger charge is 2.30. The zero-order chi connectivity index (χ0) is 12.1. The third-order valence-electron chi connectivity index (χ3n) is 3.86. The van der Waals surface area contributed by atoms with Crippen LogP contribution in [-0.2, 0) is 4.79 Å². The summed E-state index contributed by atoms with van der Waals surface area (Å²) in [4.78, 5) is 14.6. The molecule has 0 aromatic heterocycles. The maximum Gasteiger partial charge on any atom is 0.239 e. The van der Waals surface area contributed by atoms with Gasteiger partial charge >= 0.3 is 0 Å². The molecule has 1 amide bonds. The first-order valence-electron chi connectivity index (χ1n) is 6.94. The highest BCUT2D eigenvalue weighted by atomic mass is 32.2. The predicted octanol–water partition coefficient (Wildman–Crippen LogP) is 1.87. The fraction of sp³-hybridized carbons (Fsp3) is 0.923. The van der Waals surface area contributed by atoms with E-state index in [0.29, 0.717) is 11.9 Å². The molecule has 2 saturated heterocycles. The standard InChI is InChI=1S/C13H24N2OS/c1-2-15(11-6-9-17-10-7-11)13(16)12-5-3-4-8-14-12/h11-12,14H,2-10H2,1H3. The average molecular weight is 256 g/mol. The summed E-state index contributed by atoms with van der Waals surface area (Å²) in [5.41, 5.74) is 0. The van der Waals surface area contributed by atoms with Crippen molar-refractivity contribution in [1.29, 1.82) is 0 Å². The fourth-order valence-corrected chi connectivity index (χ4v) is 3.94. The van der Waals surface area contributed by atoms with Crippen molar-refractivity contribution in [3.63, 3.8) is 0 Å². The van der Waals surface area contributed by atoms with Crippen molar-refractivity contribution in [2.24, 2.45) is 0 Å². The summed E-state index contributed by atoms with van der Waals surface area (Å²) >= 11 is 2.02. The van der Waals surface area contributed by atoms with Crippen LogP contribution in [0.4, 0.5) is 0 Å².